The zero-order valence-corrected chi connectivity index (χ0v) is 23.1. The molecule has 0 amide bonds. The summed E-state index contributed by atoms with van der Waals surface area (Å²) in [4.78, 5) is 27.0. The average Bonchev–Trinajstić information content (AvgIpc) is 3.09. The number of hydrogen-bond acceptors (Lipinski definition) is 6. The van der Waals surface area contributed by atoms with Gasteiger partial charge in [0, 0.05) is 12.4 Å². The molecule has 1 aromatic carbocycles. The average molecular weight is 577 g/mol. The minimum Gasteiger partial charge on any atom is -0.255 e. The molecule has 6 nitrogen and oxygen atoms in total. The molecule has 0 bridgehead atoms. The fourth-order valence-electron chi connectivity index (χ4n) is 4.86. The van der Waals surface area contributed by atoms with Gasteiger partial charge in [-0.05, 0) is 95.1 Å². The molecule has 8 heteroatoms. The molecule has 210 valence electrons. The summed E-state index contributed by atoms with van der Waals surface area (Å²) in [6.45, 7) is 0. The molecule has 44 heavy (non-hydrogen) atoms. The molecule has 0 saturated carbocycles. The smallest absolute Gasteiger partial charge is 0.141 e. The molecule has 7 aromatic rings. The number of aromatic nitrogens is 6. The summed E-state index contributed by atoms with van der Waals surface area (Å²) in [5.41, 5.74) is 8.86. The SMILES string of the molecule is Fc1ccc(-c2cc(-c3ccc(-c4cc(-c5ccccn5)nc(-c5ccccn5)c4)cc3)cc(-c3ccc(F)cn3)n2)nc1. The Morgan fingerprint density at radius 2 is 0.727 bits per heavy atom. The highest BCUT2D eigenvalue weighted by atomic mass is 19.1. The van der Waals surface area contributed by atoms with Gasteiger partial charge in [0.05, 0.1) is 57.9 Å². The van der Waals surface area contributed by atoms with Crippen LogP contribution < -0.4 is 0 Å². The van der Waals surface area contributed by atoms with Crippen molar-refractivity contribution >= 4 is 0 Å². The van der Waals surface area contributed by atoms with E-state index in [9.17, 15) is 8.78 Å². The molecular formula is C36H22F2N6. The van der Waals surface area contributed by atoms with Gasteiger partial charge in [0.25, 0.3) is 0 Å². The summed E-state index contributed by atoms with van der Waals surface area (Å²) in [5.74, 6) is -0.871. The molecule has 0 unspecified atom stereocenters. The van der Waals surface area contributed by atoms with Crippen molar-refractivity contribution in [2.24, 2.45) is 0 Å². The number of pyridine rings is 6. The van der Waals surface area contributed by atoms with Gasteiger partial charge in [0.1, 0.15) is 11.6 Å². The molecule has 0 N–H and O–H groups in total. The normalized spacial score (nSPS) is 11.0. The van der Waals surface area contributed by atoms with E-state index in [4.69, 9.17) is 9.97 Å². The monoisotopic (exact) mass is 576 g/mol. The van der Waals surface area contributed by atoms with E-state index in [1.54, 1.807) is 24.5 Å². The Morgan fingerprint density at radius 3 is 1.05 bits per heavy atom. The van der Waals surface area contributed by atoms with Crippen LogP contribution >= 0.6 is 0 Å². The molecule has 0 saturated heterocycles. The van der Waals surface area contributed by atoms with Gasteiger partial charge in [0.15, 0.2) is 0 Å². The molecule has 0 radical (unpaired) electrons. The van der Waals surface area contributed by atoms with Gasteiger partial charge >= 0.3 is 0 Å². The Bertz CT molecular complexity index is 1930. The molecule has 7 rings (SSSR count). The third-order valence-corrected chi connectivity index (χ3v) is 7.04. The van der Waals surface area contributed by atoms with Crippen molar-refractivity contribution in [1.29, 1.82) is 0 Å². The van der Waals surface area contributed by atoms with Gasteiger partial charge in [-0.1, -0.05) is 36.4 Å². The van der Waals surface area contributed by atoms with Gasteiger partial charge in [-0.25, -0.2) is 18.7 Å². The first-order valence-electron chi connectivity index (χ1n) is 13.8. The van der Waals surface area contributed by atoms with E-state index in [1.807, 2.05) is 84.9 Å². The van der Waals surface area contributed by atoms with E-state index in [1.165, 1.54) is 12.1 Å². The molecule has 0 spiro atoms. The quantitative estimate of drug-likeness (QED) is 0.198. The summed E-state index contributed by atoms with van der Waals surface area (Å²) in [7, 11) is 0. The minimum absolute atomic E-state index is 0.436. The second-order valence-corrected chi connectivity index (χ2v) is 9.98. The van der Waals surface area contributed by atoms with Crippen LogP contribution in [0.4, 0.5) is 8.78 Å². The standard InChI is InChI=1S/C36H22F2N6/c37-27-11-13-31(41-21-27)35-19-26(20-36(44-35)32-14-12-28(38)22-42-32)24-9-7-23(8-10-24)25-17-33(29-5-1-3-15-39-29)43-34(18-25)30-6-2-4-16-40-30/h1-22H. The maximum atomic E-state index is 13.6. The lowest BCUT2D eigenvalue weighted by molar-refractivity contribution is 0.621. The van der Waals surface area contributed by atoms with Crippen molar-refractivity contribution in [3.63, 3.8) is 0 Å². The molecular weight excluding hydrogens is 554 g/mol. The summed E-state index contributed by atoms with van der Waals surface area (Å²) >= 11 is 0. The maximum Gasteiger partial charge on any atom is 0.141 e. The molecule has 0 aliphatic rings. The number of hydrogen-bond donors (Lipinski definition) is 0. The van der Waals surface area contributed by atoms with Crippen LogP contribution in [0.25, 0.3) is 67.8 Å². The number of nitrogens with zero attached hydrogens (tertiary/aromatic N) is 6. The fourth-order valence-corrected chi connectivity index (χ4v) is 4.86. The van der Waals surface area contributed by atoms with Crippen LogP contribution in [0.2, 0.25) is 0 Å². The highest BCUT2D eigenvalue weighted by molar-refractivity contribution is 5.79. The Hall–Kier alpha value is -6.02. The van der Waals surface area contributed by atoms with Crippen LogP contribution in [-0.2, 0) is 0 Å². The zero-order chi connectivity index (χ0) is 29.9. The fraction of sp³-hybridized carbons (Fsp3) is 0. The summed E-state index contributed by atoms with van der Waals surface area (Å²) < 4.78 is 27.2. The van der Waals surface area contributed by atoms with Crippen LogP contribution in [-0.4, -0.2) is 29.9 Å². The van der Waals surface area contributed by atoms with E-state index in [2.05, 4.69) is 19.9 Å². The topological polar surface area (TPSA) is 77.3 Å². The van der Waals surface area contributed by atoms with Gasteiger partial charge in [-0.15, -0.1) is 0 Å². The van der Waals surface area contributed by atoms with Crippen LogP contribution in [0.1, 0.15) is 0 Å². The minimum atomic E-state index is -0.436. The largest absolute Gasteiger partial charge is 0.255 e. The Morgan fingerprint density at radius 1 is 0.341 bits per heavy atom. The predicted molar refractivity (Wildman–Crippen MR) is 166 cm³/mol. The van der Waals surface area contributed by atoms with E-state index in [0.29, 0.717) is 22.8 Å². The highest BCUT2D eigenvalue weighted by Gasteiger charge is 2.13. The first kappa shape index (κ1) is 26.9. The first-order valence-corrected chi connectivity index (χ1v) is 13.8. The first-order chi connectivity index (χ1) is 21.6. The highest BCUT2D eigenvalue weighted by Crippen LogP contribution is 2.33. The lowest BCUT2D eigenvalue weighted by Gasteiger charge is -2.11. The second kappa shape index (κ2) is 11.7. The number of benzene rings is 1. The lowest BCUT2D eigenvalue weighted by Crippen LogP contribution is -1.95. The van der Waals surface area contributed by atoms with Crippen molar-refractivity contribution in [3.8, 4) is 67.8 Å². The van der Waals surface area contributed by atoms with Crippen molar-refractivity contribution in [1.82, 2.24) is 29.9 Å². The summed E-state index contributed by atoms with van der Waals surface area (Å²) in [5, 5.41) is 0. The van der Waals surface area contributed by atoms with Crippen LogP contribution in [0.3, 0.4) is 0 Å². The Kier molecular flexibility index (Phi) is 7.14. The Labute approximate surface area is 251 Å². The number of rotatable bonds is 6. The van der Waals surface area contributed by atoms with Gasteiger partial charge < -0.3 is 0 Å². The molecule has 0 fully saturated rings. The van der Waals surface area contributed by atoms with Crippen LogP contribution in [0.5, 0.6) is 0 Å². The van der Waals surface area contributed by atoms with Gasteiger partial charge in [-0.3, -0.25) is 19.9 Å². The molecule has 0 aliphatic carbocycles. The van der Waals surface area contributed by atoms with Crippen molar-refractivity contribution in [3.05, 3.63) is 146 Å². The second-order valence-electron chi connectivity index (χ2n) is 9.98. The third-order valence-electron chi connectivity index (χ3n) is 7.04. The molecule has 6 aromatic heterocycles. The van der Waals surface area contributed by atoms with E-state index in [-0.39, 0.29) is 0 Å². The predicted octanol–water partition coefficient (Wildman–Crippen LogP) is 8.34. The van der Waals surface area contributed by atoms with E-state index < -0.39 is 11.6 Å². The van der Waals surface area contributed by atoms with Gasteiger partial charge in [0.2, 0.25) is 0 Å². The molecule has 6 heterocycles. The molecule has 0 atom stereocenters. The van der Waals surface area contributed by atoms with Crippen molar-refractivity contribution in [2.75, 3.05) is 0 Å². The summed E-state index contributed by atoms with van der Waals surface area (Å²) in [6, 6.07) is 33.3. The number of halogens is 2. The maximum absolute atomic E-state index is 13.6. The van der Waals surface area contributed by atoms with Crippen molar-refractivity contribution < 1.29 is 8.78 Å². The zero-order valence-electron chi connectivity index (χ0n) is 23.1. The molecule has 0 aliphatic heterocycles. The lowest BCUT2D eigenvalue weighted by atomic mass is 9.98. The van der Waals surface area contributed by atoms with E-state index >= 15 is 0 Å². The van der Waals surface area contributed by atoms with Crippen LogP contribution in [0, 0.1) is 11.6 Å². The third kappa shape index (κ3) is 5.69. The van der Waals surface area contributed by atoms with Crippen LogP contribution in [0.15, 0.2) is 134 Å². The van der Waals surface area contributed by atoms with E-state index in [0.717, 1.165) is 57.4 Å². The summed E-state index contributed by atoms with van der Waals surface area (Å²) in [6.07, 6.45) is 5.81. The van der Waals surface area contributed by atoms with Gasteiger partial charge in [-0.2, -0.15) is 0 Å². The van der Waals surface area contributed by atoms with Crippen molar-refractivity contribution in [2.45, 2.75) is 0 Å². The Balaban J connectivity index is 1.31.